The third-order valence-electron chi connectivity index (χ3n) is 5.18. The van der Waals surface area contributed by atoms with Crippen LogP contribution < -0.4 is 10.2 Å². The minimum absolute atomic E-state index is 0.0386. The third kappa shape index (κ3) is 4.64. The first-order valence-electron chi connectivity index (χ1n) is 9.98. The second kappa shape index (κ2) is 9.09. The van der Waals surface area contributed by atoms with E-state index >= 15 is 0 Å². The van der Waals surface area contributed by atoms with Gasteiger partial charge in [-0.1, -0.05) is 53.2 Å². The first kappa shape index (κ1) is 20.7. The number of para-hydroxylation sites is 1. The Labute approximate surface area is 185 Å². The Morgan fingerprint density at radius 3 is 2.55 bits per heavy atom. The predicted molar refractivity (Wildman–Crippen MR) is 122 cm³/mol. The zero-order valence-corrected chi connectivity index (χ0v) is 17.8. The van der Waals surface area contributed by atoms with Gasteiger partial charge in [0.2, 0.25) is 5.91 Å². The van der Waals surface area contributed by atoms with Gasteiger partial charge in [-0.05, 0) is 43.3 Å². The van der Waals surface area contributed by atoms with Gasteiger partial charge in [0.05, 0.1) is 12.1 Å². The fourth-order valence-electron chi connectivity index (χ4n) is 3.55. The van der Waals surface area contributed by atoms with E-state index in [0.29, 0.717) is 29.6 Å². The Balaban J connectivity index is 1.54. The maximum absolute atomic E-state index is 13.3. The molecule has 1 unspecified atom stereocenters. The van der Waals surface area contributed by atoms with E-state index in [1.165, 1.54) is 16.7 Å². The number of rotatable bonds is 7. The van der Waals surface area contributed by atoms with Crippen molar-refractivity contribution in [3.8, 4) is 0 Å². The fraction of sp³-hybridized carbons (Fsp3) is 0.217. The van der Waals surface area contributed by atoms with Crippen LogP contribution in [0.2, 0.25) is 0 Å². The average molecular weight is 435 g/mol. The van der Waals surface area contributed by atoms with Crippen molar-refractivity contribution in [2.75, 3.05) is 16.8 Å². The van der Waals surface area contributed by atoms with Gasteiger partial charge in [0, 0.05) is 12.6 Å². The van der Waals surface area contributed by atoms with E-state index in [2.05, 4.69) is 34.7 Å². The summed E-state index contributed by atoms with van der Waals surface area (Å²) in [6, 6.07) is 18.4. The van der Waals surface area contributed by atoms with Crippen molar-refractivity contribution < 1.29 is 14.1 Å². The Morgan fingerprint density at radius 2 is 1.87 bits per heavy atom. The maximum atomic E-state index is 13.3. The van der Waals surface area contributed by atoms with Crippen LogP contribution in [0.3, 0.4) is 0 Å². The summed E-state index contributed by atoms with van der Waals surface area (Å²) in [6.07, 6.45) is 2.04. The van der Waals surface area contributed by atoms with Gasteiger partial charge in [-0.25, -0.2) is 0 Å². The van der Waals surface area contributed by atoms with E-state index in [9.17, 15) is 9.59 Å². The summed E-state index contributed by atoms with van der Waals surface area (Å²) in [7, 11) is 0. The number of hydrogen-bond acceptors (Lipinski definition) is 5. The number of hydrogen-bond donors (Lipinski definition) is 1. The molecule has 0 saturated carbocycles. The van der Waals surface area contributed by atoms with Crippen LogP contribution in [0.4, 0.5) is 11.5 Å². The SMILES string of the molecule is Cc1ccc(CCN2C(=S)N(c3ccccc3)C(=O)C2CC(=O)Nc2ccon2)cc1. The summed E-state index contributed by atoms with van der Waals surface area (Å²) in [5.74, 6) is -0.232. The number of amides is 2. The molecule has 1 saturated heterocycles. The highest BCUT2D eigenvalue weighted by Gasteiger charge is 2.43. The monoisotopic (exact) mass is 434 g/mol. The molecule has 0 radical (unpaired) electrons. The molecule has 8 heteroatoms. The molecule has 1 atom stereocenters. The normalized spacial score (nSPS) is 16.1. The van der Waals surface area contributed by atoms with Crippen molar-refractivity contribution >= 4 is 40.6 Å². The molecule has 0 bridgehead atoms. The van der Waals surface area contributed by atoms with Gasteiger partial charge in [-0.15, -0.1) is 0 Å². The van der Waals surface area contributed by atoms with E-state index in [4.69, 9.17) is 16.7 Å². The molecule has 2 amide bonds. The topological polar surface area (TPSA) is 78.7 Å². The fourth-order valence-corrected chi connectivity index (χ4v) is 3.97. The molecule has 1 aromatic heterocycles. The van der Waals surface area contributed by atoms with Gasteiger partial charge >= 0.3 is 0 Å². The zero-order chi connectivity index (χ0) is 21.8. The minimum Gasteiger partial charge on any atom is -0.363 e. The molecular formula is C23H22N4O3S. The number of aromatic nitrogens is 1. The van der Waals surface area contributed by atoms with E-state index in [1.807, 2.05) is 42.2 Å². The lowest BCUT2D eigenvalue weighted by Gasteiger charge is -2.24. The first-order valence-corrected chi connectivity index (χ1v) is 10.4. The second-order valence-electron chi connectivity index (χ2n) is 7.37. The first-order chi connectivity index (χ1) is 15.0. The van der Waals surface area contributed by atoms with Crippen molar-refractivity contribution in [2.45, 2.75) is 25.8 Å². The number of nitrogens with zero attached hydrogens (tertiary/aromatic N) is 3. The van der Waals surface area contributed by atoms with E-state index in [-0.39, 0.29) is 18.2 Å². The summed E-state index contributed by atoms with van der Waals surface area (Å²) >= 11 is 5.67. The van der Waals surface area contributed by atoms with Crippen LogP contribution in [0.15, 0.2) is 71.4 Å². The molecule has 2 heterocycles. The Hall–Kier alpha value is -3.52. The number of carbonyl (C=O) groups is 2. The summed E-state index contributed by atoms with van der Waals surface area (Å²) in [6.45, 7) is 2.57. The number of benzene rings is 2. The lowest BCUT2D eigenvalue weighted by molar-refractivity contribution is -0.124. The average Bonchev–Trinajstić information content (AvgIpc) is 3.35. The third-order valence-corrected chi connectivity index (χ3v) is 5.60. The second-order valence-corrected chi connectivity index (χ2v) is 7.74. The van der Waals surface area contributed by atoms with Gasteiger partial charge in [0.25, 0.3) is 5.91 Å². The molecule has 2 aromatic carbocycles. The summed E-state index contributed by atoms with van der Waals surface area (Å²) in [5, 5.41) is 6.75. The van der Waals surface area contributed by atoms with Crippen molar-refractivity contribution in [3.05, 3.63) is 78.1 Å². The molecule has 3 aromatic rings. The Kier molecular flexibility index (Phi) is 6.08. The predicted octanol–water partition coefficient (Wildman–Crippen LogP) is 3.56. The number of anilines is 2. The minimum atomic E-state index is -0.690. The summed E-state index contributed by atoms with van der Waals surface area (Å²) in [5.41, 5.74) is 3.02. The van der Waals surface area contributed by atoms with E-state index < -0.39 is 6.04 Å². The van der Waals surface area contributed by atoms with Crippen LogP contribution in [0.1, 0.15) is 17.5 Å². The number of aryl methyl sites for hydroxylation is 1. The molecule has 1 fully saturated rings. The van der Waals surface area contributed by atoms with Crippen molar-refractivity contribution in [1.82, 2.24) is 10.1 Å². The molecule has 7 nitrogen and oxygen atoms in total. The molecule has 158 valence electrons. The van der Waals surface area contributed by atoms with Crippen LogP contribution in [0.5, 0.6) is 0 Å². The zero-order valence-electron chi connectivity index (χ0n) is 17.0. The molecule has 31 heavy (non-hydrogen) atoms. The van der Waals surface area contributed by atoms with Gasteiger partial charge in [0.1, 0.15) is 12.3 Å². The molecule has 1 aliphatic heterocycles. The standard InChI is InChI=1S/C23H22N4O3S/c1-16-7-9-17(10-8-16)11-13-26-19(15-21(28)24-20-12-14-30-25-20)22(29)27(23(26)31)18-5-3-2-4-6-18/h2-10,12,14,19H,11,13,15H2,1H3,(H,24,25,28). The molecular weight excluding hydrogens is 412 g/mol. The Bertz CT molecular complexity index is 1070. The van der Waals surface area contributed by atoms with E-state index in [0.717, 1.165) is 5.56 Å². The van der Waals surface area contributed by atoms with Gasteiger partial charge in [-0.2, -0.15) is 0 Å². The molecule has 0 aliphatic carbocycles. The van der Waals surface area contributed by atoms with Crippen LogP contribution in [-0.4, -0.2) is 39.6 Å². The number of thiocarbonyl (C=S) groups is 1. The molecule has 4 rings (SSSR count). The molecule has 0 spiro atoms. The van der Waals surface area contributed by atoms with Crippen LogP contribution in [-0.2, 0) is 16.0 Å². The van der Waals surface area contributed by atoms with Crippen molar-refractivity contribution in [3.63, 3.8) is 0 Å². The van der Waals surface area contributed by atoms with Crippen molar-refractivity contribution in [2.24, 2.45) is 0 Å². The number of carbonyl (C=O) groups excluding carboxylic acids is 2. The van der Waals surface area contributed by atoms with Gasteiger partial charge in [-0.3, -0.25) is 14.5 Å². The van der Waals surface area contributed by atoms with E-state index in [1.54, 1.807) is 6.07 Å². The largest absolute Gasteiger partial charge is 0.363 e. The lowest BCUT2D eigenvalue weighted by atomic mass is 10.1. The van der Waals surface area contributed by atoms with Gasteiger partial charge < -0.3 is 14.7 Å². The highest BCUT2D eigenvalue weighted by atomic mass is 32.1. The maximum Gasteiger partial charge on any atom is 0.256 e. The Morgan fingerprint density at radius 1 is 1.13 bits per heavy atom. The molecule has 1 aliphatic rings. The van der Waals surface area contributed by atoms with Gasteiger partial charge in [0.15, 0.2) is 10.9 Å². The highest BCUT2D eigenvalue weighted by Crippen LogP contribution is 2.27. The van der Waals surface area contributed by atoms with Crippen LogP contribution in [0, 0.1) is 6.92 Å². The highest BCUT2D eigenvalue weighted by molar-refractivity contribution is 7.80. The number of nitrogens with one attached hydrogen (secondary N) is 1. The summed E-state index contributed by atoms with van der Waals surface area (Å²) in [4.78, 5) is 29.2. The summed E-state index contributed by atoms with van der Waals surface area (Å²) < 4.78 is 4.74. The van der Waals surface area contributed by atoms with Crippen LogP contribution in [0.25, 0.3) is 0 Å². The smallest absolute Gasteiger partial charge is 0.256 e. The molecule has 1 N–H and O–H groups in total. The quantitative estimate of drug-likeness (QED) is 0.573. The van der Waals surface area contributed by atoms with Crippen molar-refractivity contribution in [1.29, 1.82) is 0 Å². The lowest BCUT2D eigenvalue weighted by Crippen LogP contribution is -2.39. The van der Waals surface area contributed by atoms with Crippen LogP contribution >= 0.6 is 12.2 Å².